The molecule has 0 aromatic carbocycles. The Labute approximate surface area is 122 Å². The Morgan fingerprint density at radius 3 is 3.10 bits per heavy atom. The van der Waals surface area contributed by atoms with Gasteiger partial charge in [-0.2, -0.15) is 0 Å². The van der Waals surface area contributed by atoms with Crippen molar-refractivity contribution in [1.82, 2.24) is 15.1 Å². The zero-order chi connectivity index (χ0) is 13.9. The predicted octanol–water partition coefficient (Wildman–Crippen LogP) is 2.06. The fraction of sp³-hybridized carbons (Fsp3) is 0.750. The number of piperidine rings is 1. The lowest BCUT2D eigenvalue weighted by atomic mass is 9.97. The molecule has 2 unspecified atom stereocenters. The largest absolute Gasteiger partial charge is 0.468 e. The van der Waals surface area contributed by atoms with Gasteiger partial charge in [0.15, 0.2) is 0 Å². The summed E-state index contributed by atoms with van der Waals surface area (Å²) in [4.78, 5) is 5.30. The lowest BCUT2D eigenvalue weighted by molar-refractivity contribution is 0.00788. The highest BCUT2D eigenvalue weighted by Crippen LogP contribution is 2.26. The first-order valence-corrected chi connectivity index (χ1v) is 7.96. The van der Waals surface area contributed by atoms with Crippen LogP contribution in [0.15, 0.2) is 16.7 Å². The quantitative estimate of drug-likeness (QED) is 0.913. The van der Waals surface area contributed by atoms with Crippen LogP contribution in [-0.4, -0.2) is 48.6 Å². The van der Waals surface area contributed by atoms with Crippen molar-refractivity contribution in [2.24, 2.45) is 0 Å². The van der Waals surface area contributed by atoms with Crippen molar-refractivity contribution in [3.63, 3.8) is 0 Å². The molecule has 112 valence electrons. The van der Waals surface area contributed by atoms with Gasteiger partial charge >= 0.3 is 0 Å². The Balaban J connectivity index is 1.65. The molecule has 1 aromatic heterocycles. The van der Waals surface area contributed by atoms with Gasteiger partial charge in [0, 0.05) is 37.3 Å². The van der Waals surface area contributed by atoms with Crippen molar-refractivity contribution in [3.8, 4) is 0 Å². The molecule has 2 aliphatic rings. The van der Waals surface area contributed by atoms with E-state index < -0.39 is 0 Å². The Morgan fingerprint density at radius 1 is 1.35 bits per heavy atom. The molecular weight excluding hydrogens is 250 g/mol. The van der Waals surface area contributed by atoms with Gasteiger partial charge in [0.2, 0.25) is 0 Å². The number of hydrogen-bond donors (Lipinski definition) is 1. The van der Waals surface area contributed by atoms with Gasteiger partial charge in [0.25, 0.3) is 0 Å². The molecule has 0 aliphatic carbocycles. The maximum absolute atomic E-state index is 5.71. The van der Waals surface area contributed by atoms with Gasteiger partial charge in [-0.05, 0) is 39.4 Å². The molecule has 2 fully saturated rings. The highest BCUT2D eigenvalue weighted by Gasteiger charge is 2.33. The molecule has 2 aliphatic heterocycles. The molecule has 3 heterocycles. The van der Waals surface area contributed by atoms with Gasteiger partial charge in [0.1, 0.15) is 5.76 Å². The highest BCUT2D eigenvalue weighted by atomic mass is 16.3. The van der Waals surface area contributed by atoms with E-state index in [0.29, 0.717) is 6.04 Å². The third kappa shape index (κ3) is 2.92. The first-order valence-electron chi connectivity index (χ1n) is 7.96. The summed E-state index contributed by atoms with van der Waals surface area (Å²) in [7, 11) is 1.99. The molecule has 2 atom stereocenters. The Hall–Kier alpha value is -0.840. The molecule has 1 aromatic rings. The standard InChI is InChI=1S/C16H27N3O/c1-13-10-18-7-4-3-5-15(18)11-19(13)12-16-14(9-17-2)6-8-20-16/h6,8,13,15,17H,3-5,7,9-12H2,1-2H3. The smallest absolute Gasteiger partial charge is 0.122 e. The highest BCUT2D eigenvalue weighted by molar-refractivity contribution is 5.17. The van der Waals surface area contributed by atoms with Crippen LogP contribution in [0.4, 0.5) is 0 Å². The number of piperazine rings is 1. The monoisotopic (exact) mass is 277 g/mol. The average molecular weight is 277 g/mol. The second-order valence-corrected chi connectivity index (χ2v) is 6.32. The maximum Gasteiger partial charge on any atom is 0.122 e. The van der Waals surface area contributed by atoms with Crippen molar-refractivity contribution in [2.45, 2.75) is 51.4 Å². The molecule has 2 saturated heterocycles. The predicted molar refractivity (Wildman–Crippen MR) is 80.6 cm³/mol. The summed E-state index contributed by atoms with van der Waals surface area (Å²) in [5.74, 6) is 1.13. The van der Waals surface area contributed by atoms with Crippen LogP contribution in [0.25, 0.3) is 0 Å². The molecule has 4 heteroatoms. The fourth-order valence-electron chi connectivity index (χ4n) is 3.67. The number of fused-ring (bicyclic) bond motifs is 1. The molecule has 1 N–H and O–H groups in total. The summed E-state index contributed by atoms with van der Waals surface area (Å²) < 4.78 is 5.71. The van der Waals surface area contributed by atoms with E-state index in [1.54, 1.807) is 0 Å². The van der Waals surface area contributed by atoms with E-state index in [4.69, 9.17) is 4.42 Å². The van der Waals surface area contributed by atoms with Gasteiger partial charge in [-0.25, -0.2) is 0 Å². The summed E-state index contributed by atoms with van der Waals surface area (Å²) in [6, 6.07) is 3.48. The summed E-state index contributed by atoms with van der Waals surface area (Å²) in [5, 5.41) is 3.22. The van der Waals surface area contributed by atoms with Crippen LogP contribution < -0.4 is 5.32 Å². The topological polar surface area (TPSA) is 31.7 Å². The van der Waals surface area contributed by atoms with Crippen molar-refractivity contribution in [3.05, 3.63) is 23.7 Å². The molecule has 0 radical (unpaired) electrons. The van der Waals surface area contributed by atoms with Crippen molar-refractivity contribution < 1.29 is 4.42 Å². The van der Waals surface area contributed by atoms with E-state index in [0.717, 1.165) is 24.9 Å². The van der Waals surface area contributed by atoms with Crippen LogP contribution in [0.2, 0.25) is 0 Å². The Morgan fingerprint density at radius 2 is 2.25 bits per heavy atom. The number of nitrogens with zero attached hydrogens (tertiary/aromatic N) is 2. The van der Waals surface area contributed by atoms with E-state index >= 15 is 0 Å². The van der Waals surface area contributed by atoms with Gasteiger partial charge < -0.3 is 9.73 Å². The first-order chi connectivity index (χ1) is 9.78. The molecule has 0 amide bonds. The second kappa shape index (κ2) is 6.29. The van der Waals surface area contributed by atoms with Crippen LogP contribution in [0.3, 0.4) is 0 Å². The van der Waals surface area contributed by atoms with E-state index in [9.17, 15) is 0 Å². The van der Waals surface area contributed by atoms with Gasteiger partial charge in [-0.15, -0.1) is 0 Å². The van der Waals surface area contributed by atoms with E-state index in [2.05, 4.69) is 28.1 Å². The minimum atomic E-state index is 0.622. The van der Waals surface area contributed by atoms with Gasteiger partial charge in [0.05, 0.1) is 12.8 Å². The summed E-state index contributed by atoms with van der Waals surface area (Å²) in [6.07, 6.45) is 5.97. The molecule has 0 saturated carbocycles. The second-order valence-electron chi connectivity index (χ2n) is 6.32. The number of rotatable bonds is 4. The van der Waals surface area contributed by atoms with E-state index in [1.807, 2.05) is 13.3 Å². The van der Waals surface area contributed by atoms with Crippen LogP contribution in [0.5, 0.6) is 0 Å². The number of nitrogens with one attached hydrogen (secondary N) is 1. The third-order valence-electron chi connectivity index (χ3n) is 4.87. The van der Waals surface area contributed by atoms with Crippen molar-refractivity contribution >= 4 is 0 Å². The third-order valence-corrected chi connectivity index (χ3v) is 4.87. The minimum absolute atomic E-state index is 0.622. The SMILES string of the molecule is CNCc1ccoc1CN1CC2CCCCN2CC1C. The van der Waals surface area contributed by atoms with E-state index in [1.165, 1.54) is 44.5 Å². The van der Waals surface area contributed by atoms with Crippen LogP contribution in [0.1, 0.15) is 37.5 Å². The molecule has 4 nitrogen and oxygen atoms in total. The lowest BCUT2D eigenvalue weighted by Gasteiger charge is -2.47. The summed E-state index contributed by atoms with van der Waals surface area (Å²) in [5.41, 5.74) is 1.30. The zero-order valence-electron chi connectivity index (χ0n) is 12.8. The molecule has 20 heavy (non-hydrogen) atoms. The van der Waals surface area contributed by atoms with Crippen LogP contribution in [0, 0.1) is 0 Å². The molecule has 0 bridgehead atoms. The fourth-order valence-corrected chi connectivity index (χ4v) is 3.67. The molecule has 0 spiro atoms. The lowest BCUT2D eigenvalue weighted by Crippen LogP contribution is -2.58. The zero-order valence-corrected chi connectivity index (χ0v) is 12.8. The van der Waals surface area contributed by atoms with Crippen molar-refractivity contribution in [2.75, 3.05) is 26.7 Å². The Kier molecular flexibility index (Phi) is 4.44. The minimum Gasteiger partial charge on any atom is -0.468 e. The normalized spacial score (nSPS) is 28.5. The average Bonchev–Trinajstić information content (AvgIpc) is 2.87. The Bertz CT molecular complexity index is 431. The summed E-state index contributed by atoms with van der Waals surface area (Å²) in [6.45, 7) is 7.91. The first kappa shape index (κ1) is 14.1. The van der Waals surface area contributed by atoms with Crippen LogP contribution >= 0.6 is 0 Å². The number of furan rings is 1. The van der Waals surface area contributed by atoms with Crippen LogP contribution in [-0.2, 0) is 13.1 Å². The van der Waals surface area contributed by atoms with Crippen molar-refractivity contribution in [1.29, 1.82) is 0 Å². The molecule has 3 rings (SSSR count). The summed E-state index contributed by atoms with van der Waals surface area (Å²) >= 11 is 0. The van der Waals surface area contributed by atoms with E-state index in [-0.39, 0.29) is 0 Å². The van der Waals surface area contributed by atoms with Gasteiger partial charge in [-0.3, -0.25) is 9.80 Å². The maximum atomic E-state index is 5.71. The number of hydrogen-bond acceptors (Lipinski definition) is 4. The molecular formula is C16H27N3O. The van der Waals surface area contributed by atoms with Gasteiger partial charge in [-0.1, -0.05) is 6.42 Å².